The van der Waals surface area contributed by atoms with Gasteiger partial charge in [-0.3, -0.25) is 0 Å². The van der Waals surface area contributed by atoms with Crippen LogP contribution in [-0.2, 0) is 0 Å². The summed E-state index contributed by atoms with van der Waals surface area (Å²) in [7, 11) is 1.75. The second kappa shape index (κ2) is 5.13. The van der Waals surface area contributed by atoms with Gasteiger partial charge in [-0.15, -0.1) is 0 Å². The molecule has 1 radical (unpaired) electrons. The van der Waals surface area contributed by atoms with Crippen molar-refractivity contribution in [3.8, 4) is 0 Å². The van der Waals surface area contributed by atoms with Gasteiger partial charge in [-0.2, -0.15) is 0 Å². The average Bonchev–Trinajstić information content (AvgIpc) is 2.41. The highest BCUT2D eigenvalue weighted by Gasteiger charge is 2.13. The molecule has 1 heteroatoms. The Morgan fingerprint density at radius 3 is 2.60 bits per heavy atom. The van der Waals surface area contributed by atoms with Crippen molar-refractivity contribution in [3.05, 3.63) is 0 Å². The second-order valence-electron chi connectivity index (χ2n) is 3.20. The van der Waals surface area contributed by atoms with Gasteiger partial charge in [-0.1, -0.05) is 34.8 Å². The highest BCUT2D eigenvalue weighted by atomic mass is 31.1. The van der Waals surface area contributed by atoms with Gasteiger partial charge >= 0.3 is 0 Å². The summed E-state index contributed by atoms with van der Waals surface area (Å²) in [4.78, 5) is 0. The molecule has 0 nitrogen and oxygen atoms in total. The van der Waals surface area contributed by atoms with Crippen molar-refractivity contribution in [2.45, 2.75) is 51.1 Å². The molecular formula is C9H18P. The molecule has 0 amide bonds. The number of hydrogen-bond donors (Lipinski definition) is 0. The molecule has 0 aromatic heterocycles. The van der Waals surface area contributed by atoms with E-state index in [-0.39, 0.29) is 0 Å². The maximum atomic E-state index is 2.28. The zero-order valence-electron chi connectivity index (χ0n) is 6.97. The number of rotatable bonds is 4. The Balaban J connectivity index is 1.91. The van der Waals surface area contributed by atoms with Crippen molar-refractivity contribution in [1.29, 1.82) is 0 Å². The molecule has 0 heterocycles. The van der Waals surface area contributed by atoms with Crippen molar-refractivity contribution < 1.29 is 0 Å². The maximum absolute atomic E-state index is 2.28. The molecule has 0 N–H and O–H groups in total. The van der Waals surface area contributed by atoms with Crippen LogP contribution in [0.15, 0.2) is 0 Å². The molecule has 0 atom stereocenters. The quantitative estimate of drug-likeness (QED) is 0.431. The first-order chi connectivity index (χ1) is 4.93. The summed E-state index contributed by atoms with van der Waals surface area (Å²) in [6, 6.07) is 0. The van der Waals surface area contributed by atoms with E-state index in [1.807, 2.05) is 0 Å². The third-order valence-electron chi connectivity index (χ3n) is 2.22. The highest BCUT2D eigenvalue weighted by Crippen LogP contribution is 2.34. The van der Waals surface area contributed by atoms with Gasteiger partial charge in [-0.05, 0) is 31.1 Å². The third-order valence-corrected chi connectivity index (χ3v) is 3.83. The first-order valence-electron chi connectivity index (χ1n) is 4.60. The molecule has 0 aliphatic heterocycles. The van der Waals surface area contributed by atoms with Crippen molar-refractivity contribution in [2.24, 2.45) is 0 Å². The molecule has 0 spiro atoms. The van der Waals surface area contributed by atoms with Crippen LogP contribution in [0.25, 0.3) is 0 Å². The fraction of sp³-hybridized carbons (Fsp3) is 1.00. The van der Waals surface area contributed by atoms with Crippen molar-refractivity contribution in [2.75, 3.05) is 6.16 Å². The van der Waals surface area contributed by atoms with E-state index < -0.39 is 0 Å². The Morgan fingerprint density at radius 2 is 2.00 bits per heavy atom. The van der Waals surface area contributed by atoms with E-state index in [4.69, 9.17) is 0 Å². The fourth-order valence-electron chi connectivity index (χ4n) is 1.52. The summed E-state index contributed by atoms with van der Waals surface area (Å²) in [6.45, 7) is 2.28. The van der Waals surface area contributed by atoms with Gasteiger partial charge in [-0.25, -0.2) is 0 Å². The predicted molar refractivity (Wildman–Crippen MR) is 49.0 cm³/mol. The van der Waals surface area contributed by atoms with Gasteiger partial charge in [0.05, 0.1) is 0 Å². The van der Waals surface area contributed by atoms with Crippen LogP contribution in [0, 0.1) is 0 Å². The summed E-state index contributed by atoms with van der Waals surface area (Å²) in [5, 5.41) is 0. The van der Waals surface area contributed by atoms with Gasteiger partial charge < -0.3 is 0 Å². The van der Waals surface area contributed by atoms with Gasteiger partial charge in [0.2, 0.25) is 0 Å². The monoisotopic (exact) mass is 157 g/mol. The number of hydrogen-bond acceptors (Lipinski definition) is 0. The topological polar surface area (TPSA) is 0 Å². The minimum absolute atomic E-state index is 1.09. The molecule has 0 aromatic rings. The highest BCUT2D eigenvalue weighted by molar-refractivity contribution is 7.38. The Labute approximate surface area is 66.6 Å². The van der Waals surface area contributed by atoms with Crippen LogP contribution in [0.2, 0.25) is 0 Å². The van der Waals surface area contributed by atoms with Crippen molar-refractivity contribution in [1.82, 2.24) is 0 Å². The molecule has 0 bridgehead atoms. The predicted octanol–water partition coefficient (Wildman–Crippen LogP) is 3.68. The van der Waals surface area contributed by atoms with Crippen LogP contribution in [-0.4, -0.2) is 11.8 Å². The average molecular weight is 157 g/mol. The lowest BCUT2D eigenvalue weighted by Gasteiger charge is -2.05. The Kier molecular flexibility index (Phi) is 4.37. The molecule has 1 aliphatic carbocycles. The largest absolute Gasteiger partial charge is 0.0775 e. The minimum atomic E-state index is 1.09. The Hall–Kier alpha value is 0.430. The van der Waals surface area contributed by atoms with Gasteiger partial charge in [0.25, 0.3) is 0 Å². The maximum Gasteiger partial charge on any atom is -0.0170 e. The van der Waals surface area contributed by atoms with Crippen LogP contribution in [0.3, 0.4) is 0 Å². The van der Waals surface area contributed by atoms with Crippen LogP contribution >= 0.6 is 8.58 Å². The van der Waals surface area contributed by atoms with E-state index in [9.17, 15) is 0 Å². The van der Waals surface area contributed by atoms with Crippen molar-refractivity contribution in [3.63, 3.8) is 0 Å². The van der Waals surface area contributed by atoms with Crippen LogP contribution < -0.4 is 0 Å². The van der Waals surface area contributed by atoms with E-state index >= 15 is 0 Å². The smallest absolute Gasteiger partial charge is 0.0170 e. The van der Waals surface area contributed by atoms with Crippen molar-refractivity contribution >= 4 is 8.58 Å². The summed E-state index contributed by atoms with van der Waals surface area (Å²) >= 11 is 0. The normalized spacial score (nSPS) is 21.3. The molecule has 1 saturated carbocycles. The molecule has 0 unspecified atom stereocenters. The molecule has 0 saturated heterocycles. The molecule has 10 heavy (non-hydrogen) atoms. The van der Waals surface area contributed by atoms with Crippen LogP contribution in [0.4, 0.5) is 0 Å². The summed E-state index contributed by atoms with van der Waals surface area (Å²) in [6.07, 6.45) is 10.3. The molecule has 0 aromatic carbocycles. The first-order valence-corrected chi connectivity index (χ1v) is 5.75. The van der Waals surface area contributed by atoms with E-state index in [1.54, 1.807) is 8.58 Å². The lowest BCUT2D eigenvalue weighted by atomic mass is 10.4. The van der Waals surface area contributed by atoms with E-state index in [0.717, 1.165) is 5.66 Å². The first kappa shape index (κ1) is 8.53. The van der Waals surface area contributed by atoms with Crippen LogP contribution in [0.1, 0.15) is 45.4 Å². The number of unbranched alkanes of at least 4 members (excludes halogenated alkanes) is 1. The fourth-order valence-corrected chi connectivity index (χ4v) is 3.11. The summed E-state index contributed by atoms with van der Waals surface area (Å²) < 4.78 is 0. The van der Waals surface area contributed by atoms with E-state index in [2.05, 4.69) is 6.92 Å². The Bertz CT molecular complexity index is 74.8. The SMILES string of the molecule is CCCC[P]C1CCCC1. The zero-order chi connectivity index (χ0) is 7.23. The van der Waals surface area contributed by atoms with Gasteiger partial charge in [0.1, 0.15) is 0 Å². The second-order valence-corrected chi connectivity index (χ2v) is 4.74. The van der Waals surface area contributed by atoms with Crippen LogP contribution in [0.5, 0.6) is 0 Å². The van der Waals surface area contributed by atoms with Gasteiger partial charge in [0, 0.05) is 0 Å². The minimum Gasteiger partial charge on any atom is -0.0775 e. The van der Waals surface area contributed by atoms with Gasteiger partial charge in [0.15, 0.2) is 0 Å². The summed E-state index contributed by atoms with van der Waals surface area (Å²) in [5.74, 6) is 0. The molecule has 1 aliphatic rings. The molecular weight excluding hydrogens is 139 g/mol. The molecule has 59 valence electrons. The molecule has 1 rings (SSSR count). The lowest BCUT2D eigenvalue weighted by Crippen LogP contribution is -1.92. The van der Waals surface area contributed by atoms with E-state index in [0.29, 0.717) is 0 Å². The third kappa shape index (κ3) is 3.01. The molecule has 1 fully saturated rings. The zero-order valence-corrected chi connectivity index (χ0v) is 7.87. The standard InChI is InChI=1S/C9H18P/c1-2-3-8-10-9-6-4-5-7-9/h9H,2-8H2,1H3. The summed E-state index contributed by atoms with van der Waals surface area (Å²) in [5.41, 5.74) is 1.09. The van der Waals surface area contributed by atoms with E-state index in [1.165, 1.54) is 44.7 Å². The Morgan fingerprint density at radius 1 is 1.30 bits per heavy atom. The lowest BCUT2D eigenvalue weighted by molar-refractivity contribution is 0.864.